The van der Waals surface area contributed by atoms with Gasteiger partial charge in [-0.15, -0.1) is 5.10 Å². The normalized spacial score (nSPS) is 12.2. The van der Waals surface area contributed by atoms with Crippen molar-refractivity contribution in [3.8, 4) is 17.0 Å². The molecule has 6 rings (SSSR count). The third kappa shape index (κ3) is 3.80. The number of methoxy groups -OCH3 is 1. The predicted molar refractivity (Wildman–Crippen MR) is 137 cm³/mol. The molecule has 0 aliphatic carbocycles. The van der Waals surface area contributed by atoms with E-state index in [2.05, 4.69) is 48.8 Å². The number of aromatic nitrogens is 6. The molecule has 1 unspecified atom stereocenters. The van der Waals surface area contributed by atoms with Gasteiger partial charge < -0.3 is 14.5 Å². The number of furan rings is 1. The van der Waals surface area contributed by atoms with Gasteiger partial charge >= 0.3 is 0 Å². The summed E-state index contributed by atoms with van der Waals surface area (Å²) in [5, 5.41) is 13.0. The SMILES string of the molecule is COc1ccc(C(Nc2cc(-c3ccc4occ(C)c4c3)c3nccnc3c2)c2cnnn2C)cn1. The highest BCUT2D eigenvalue weighted by Crippen LogP contribution is 2.35. The molecule has 0 bridgehead atoms. The number of hydrogen-bond acceptors (Lipinski definition) is 8. The van der Waals surface area contributed by atoms with E-state index >= 15 is 0 Å². The van der Waals surface area contributed by atoms with Crippen molar-refractivity contribution in [2.24, 2.45) is 7.05 Å². The maximum Gasteiger partial charge on any atom is 0.212 e. The fourth-order valence-corrected chi connectivity index (χ4v) is 4.44. The van der Waals surface area contributed by atoms with E-state index in [9.17, 15) is 0 Å². The maximum absolute atomic E-state index is 5.65. The van der Waals surface area contributed by atoms with Gasteiger partial charge in [0.1, 0.15) is 5.58 Å². The molecule has 2 aromatic carbocycles. The second-order valence-corrected chi connectivity index (χ2v) is 8.57. The van der Waals surface area contributed by atoms with E-state index in [1.807, 2.05) is 38.2 Å². The summed E-state index contributed by atoms with van der Waals surface area (Å²) in [4.78, 5) is 13.7. The smallest absolute Gasteiger partial charge is 0.212 e. The van der Waals surface area contributed by atoms with E-state index in [0.717, 1.165) is 55.6 Å². The van der Waals surface area contributed by atoms with Crippen LogP contribution in [0.2, 0.25) is 0 Å². The van der Waals surface area contributed by atoms with Gasteiger partial charge in [0.05, 0.1) is 42.3 Å². The molecule has 0 aliphatic heterocycles. The minimum Gasteiger partial charge on any atom is -0.481 e. The lowest BCUT2D eigenvalue weighted by atomic mass is 9.99. The van der Waals surface area contributed by atoms with Gasteiger partial charge in [0.25, 0.3) is 0 Å². The first-order valence-corrected chi connectivity index (χ1v) is 11.4. The summed E-state index contributed by atoms with van der Waals surface area (Å²) in [6.07, 6.45) is 8.74. The van der Waals surface area contributed by atoms with Crippen molar-refractivity contribution >= 4 is 27.7 Å². The molecule has 4 heterocycles. The van der Waals surface area contributed by atoms with Crippen LogP contribution in [-0.2, 0) is 7.05 Å². The van der Waals surface area contributed by atoms with Crippen molar-refractivity contribution in [2.45, 2.75) is 13.0 Å². The molecule has 0 fully saturated rings. The number of nitrogens with one attached hydrogen (secondary N) is 1. The van der Waals surface area contributed by atoms with E-state index in [1.54, 1.807) is 42.8 Å². The molecule has 9 nitrogen and oxygen atoms in total. The van der Waals surface area contributed by atoms with Crippen molar-refractivity contribution in [3.63, 3.8) is 0 Å². The molecule has 1 atom stereocenters. The van der Waals surface area contributed by atoms with Crippen LogP contribution in [0.25, 0.3) is 33.1 Å². The summed E-state index contributed by atoms with van der Waals surface area (Å²) in [5.41, 5.74) is 8.28. The third-order valence-electron chi connectivity index (χ3n) is 6.31. The number of anilines is 1. The molecule has 0 spiro atoms. The van der Waals surface area contributed by atoms with Gasteiger partial charge in [-0.1, -0.05) is 11.3 Å². The van der Waals surface area contributed by atoms with Crippen molar-refractivity contribution in [1.82, 2.24) is 29.9 Å². The monoisotopic (exact) mass is 477 g/mol. The van der Waals surface area contributed by atoms with Gasteiger partial charge in [-0.2, -0.15) is 0 Å². The minimum atomic E-state index is -0.260. The van der Waals surface area contributed by atoms with E-state index in [0.29, 0.717) is 5.88 Å². The van der Waals surface area contributed by atoms with Crippen LogP contribution in [0.1, 0.15) is 22.9 Å². The fourth-order valence-electron chi connectivity index (χ4n) is 4.44. The van der Waals surface area contributed by atoms with Crippen LogP contribution in [0.5, 0.6) is 5.88 Å². The van der Waals surface area contributed by atoms with Gasteiger partial charge in [-0.3, -0.25) is 9.97 Å². The largest absolute Gasteiger partial charge is 0.481 e. The van der Waals surface area contributed by atoms with E-state index < -0.39 is 0 Å². The standard InChI is InChI=1S/C27H23N7O2/c1-16-15-36-24-6-4-17(10-20(16)24)21-11-19(12-22-27(21)29-9-8-28-22)32-26(23-14-31-33-34(23)2)18-5-7-25(35-3)30-13-18/h4-15,26,32H,1-3H3. The number of pyridine rings is 1. The zero-order valence-electron chi connectivity index (χ0n) is 20.0. The summed E-state index contributed by atoms with van der Waals surface area (Å²) >= 11 is 0. The molecule has 1 N–H and O–H groups in total. The number of ether oxygens (including phenoxy) is 1. The average molecular weight is 478 g/mol. The number of nitrogens with zero attached hydrogens (tertiary/aromatic N) is 6. The molecular weight excluding hydrogens is 454 g/mol. The highest BCUT2D eigenvalue weighted by atomic mass is 16.5. The van der Waals surface area contributed by atoms with Gasteiger partial charge in [0, 0.05) is 48.3 Å². The van der Waals surface area contributed by atoms with Crippen molar-refractivity contribution < 1.29 is 9.15 Å². The molecule has 4 aromatic heterocycles. The summed E-state index contributed by atoms with van der Waals surface area (Å²) in [6.45, 7) is 2.04. The topological polar surface area (TPSA) is 104 Å². The molecule has 36 heavy (non-hydrogen) atoms. The number of fused-ring (bicyclic) bond motifs is 2. The Balaban J connectivity index is 1.48. The Morgan fingerprint density at radius 2 is 1.89 bits per heavy atom. The van der Waals surface area contributed by atoms with Crippen LogP contribution in [0.15, 0.2) is 77.9 Å². The molecule has 0 radical (unpaired) electrons. The molecule has 178 valence electrons. The molecule has 9 heteroatoms. The Hall–Kier alpha value is -4.79. The van der Waals surface area contributed by atoms with Gasteiger partial charge in [0.2, 0.25) is 5.88 Å². The Morgan fingerprint density at radius 1 is 1.00 bits per heavy atom. The maximum atomic E-state index is 5.65. The quantitative estimate of drug-likeness (QED) is 0.354. The van der Waals surface area contributed by atoms with Crippen molar-refractivity contribution in [1.29, 1.82) is 0 Å². The molecule has 0 aliphatic rings. The Labute approximate surface area is 206 Å². The minimum absolute atomic E-state index is 0.260. The summed E-state index contributed by atoms with van der Waals surface area (Å²) in [5.74, 6) is 0.550. The van der Waals surface area contributed by atoms with Crippen LogP contribution < -0.4 is 10.1 Å². The Kier molecular flexibility index (Phi) is 5.29. The average Bonchev–Trinajstić information content (AvgIpc) is 3.51. The fraction of sp³-hybridized carbons (Fsp3) is 0.148. The summed E-state index contributed by atoms with van der Waals surface area (Å²) < 4.78 is 12.6. The highest BCUT2D eigenvalue weighted by Gasteiger charge is 2.20. The number of hydrogen-bond donors (Lipinski definition) is 1. The zero-order chi connectivity index (χ0) is 24.6. The molecule has 0 saturated heterocycles. The molecule has 0 saturated carbocycles. The van der Waals surface area contributed by atoms with Crippen LogP contribution in [-0.4, -0.2) is 37.1 Å². The zero-order valence-corrected chi connectivity index (χ0v) is 20.0. The number of rotatable bonds is 6. The lowest BCUT2D eigenvalue weighted by molar-refractivity contribution is 0.397. The van der Waals surface area contributed by atoms with Gasteiger partial charge in [-0.25, -0.2) is 9.67 Å². The van der Waals surface area contributed by atoms with Gasteiger partial charge in [-0.05, 0) is 53.9 Å². The van der Waals surface area contributed by atoms with Crippen molar-refractivity contribution in [2.75, 3.05) is 12.4 Å². The second-order valence-electron chi connectivity index (χ2n) is 8.57. The van der Waals surface area contributed by atoms with E-state index in [1.165, 1.54) is 0 Å². The number of benzene rings is 2. The summed E-state index contributed by atoms with van der Waals surface area (Å²) in [6, 6.07) is 13.8. The van der Waals surface area contributed by atoms with E-state index in [4.69, 9.17) is 9.15 Å². The van der Waals surface area contributed by atoms with E-state index in [-0.39, 0.29) is 6.04 Å². The van der Waals surface area contributed by atoms with Crippen LogP contribution in [0.3, 0.4) is 0 Å². The first-order chi connectivity index (χ1) is 17.6. The van der Waals surface area contributed by atoms with Crippen LogP contribution in [0, 0.1) is 6.92 Å². The Bertz CT molecular complexity index is 1690. The first-order valence-electron chi connectivity index (χ1n) is 11.4. The summed E-state index contributed by atoms with van der Waals surface area (Å²) in [7, 11) is 3.47. The highest BCUT2D eigenvalue weighted by molar-refractivity contribution is 5.97. The Morgan fingerprint density at radius 3 is 2.67 bits per heavy atom. The van der Waals surface area contributed by atoms with Crippen LogP contribution >= 0.6 is 0 Å². The van der Waals surface area contributed by atoms with Gasteiger partial charge in [0.15, 0.2) is 0 Å². The lowest BCUT2D eigenvalue weighted by Gasteiger charge is -2.21. The predicted octanol–water partition coefficient (Wildman–Crippen LogP) is 5.09. The van der Waals surface area contributed by atoms with Crippen LogP contribution in [0.4, 0.5) is 5.69 Å². The molecular formula is C27H23N7O2. The van der Waals surface area contributed by atoms with Crippen molar-refractivity contribution in [3.05, 3.63) is 90.3 Å². The molecule has 6 aromatic rings. The first kappa shape index (κ1) is 21.7. The third-order valence-corrected chi connectivity index (χ3v) is 6.31. The second kappa shape index (κ2) is 8.77. The number of aryl methyl sites for hydroxylation is 2. The lowest BCUT2D eigenvalue weighted by Crippen LogP contribution is -2.16. The molecule has 0 amide bonds.